The quantitative estimate of drug-likeness (QED) is 0.858. The Morgan fingerprint density at radius 2 is 2.11 bits per heavy atom. The predicted molar refractivity (Wildman–Crippen MR) is 62.4 cm³/mol. The number of nitrogens with zero attached hydrogens (tertiary/aromatic N) is 2. The number of halogens is 1. The zero-order valence-electron chi connectivity index (χ0n) is 9.17. The van der Waals surface area contributed by atoms with E-state index in [1.807, 2.05) is 0 Å². The smallest absolute Gasteiger partial charge is 0.450 e. The van der Waals surface area contributed by atoms with Gasteiger partial charge in [-0.3, -0.25) is 0 Å². The highest BCUT2D eigenvalue weighted by Crippen LogP contribution is 2.18. The average molecular weight is 269 g/mol. The minimum absolute atomic E-state index is 0.0163. The largest absolute Gasteiger partial charge is 0.505 e. The lowest BCUT2D eigenvalue weighted by molar-refractivity contribution is 0.0908. The molecule has 1 aromatic carbocycles. The van der Waals surface area contributed by atoms with E-state index in [4.69, 9.17) is 21.2 Å². The zero-order valence-corrected chi connectivity index (χ0v) is 9.92. The highest BCUT2D eigenvalue weighted by Gasteiger charge is 2.09. The molecule has 0 bridgehead atoms. The third-order valence-corrected chi connectivity index (χ3v) is 2.36. The van der Waals surface area contributed by atoms with Crippen LogP contribution in [0.2, 0.25) is 5.02 Å². The van der Waals surface area contributed by atoms with Crippen LogP contribution in [0, 0.1) is 0 Å². The van der Waals surface area contributed by atoms with Gasteiger partial charge >= 0.3 is 6.16 Å². The van der Waals surface area contributed by atoms with E-state index in [2.05, 4.69) is 14.9 Å². The van der Waals surface area contributed by atoms with Gasteiger partial charge in [-0.05, 0) is 24.3 Å². The van der Waals surface area contributed by atoms with Crippen molar-refractivity contribution in [3.63, 3.8) is 0 Å². The molecular formula is C11H9ClN2O4. The van der Waals surface area contributed by atoms with Gasteiger partial charge in [0.2, 0.25) is 11.7 Å². The first-order valence-electron chi connectivity index (χ1n) is 5.09. The maximum absolute atomic E-state index is 10.1. The van der Waals surface area contributed by atoms with Gasteiger partial charge in [-0.25, -0.2) is 4.79 Å². The molecule has 1 N–H and O–H groups in total. The molecule has 0 spiro atoms. The van der Waals surface area contributed by atoms with Gasteiger partial charge in [0.15, 0.2) is 0 Å². The minimum Gasteiger partial charge on any atom is -0.450 e. The summed E-state index contributed by atoms with van der Waals surface area (Å²) in [6, 6.07) is 6.98. The Morgan fingerprint density at radius 1 is 1.39 bits per heavy atom. The van der Waals surface area contributed by atoms with E-state index in [0.29, 0.717) is 16.7 Å². The molecule has 2 aromatic rings. The molecule has 0 unspecified atom stereocenters. The van der Waals surface area contributed by atoms with E-state index in [-0.39, 0.29) is 13.0 Å². The summed E-state index contributed by atoms with van der Waals surface area (Å²) in [5, 5.41) is 12.7. The minimum atomic E-state index is -1.33. The van der Waals surface area contributed by atoms with Crippen LogP contribution in [0.15, 0.2) is 28.8 Å². The van der Waals surface area contributed by atoms with Crippen LogP contribution in [0.3, 0.4) is 0 Å². The Hall–Kier alpha value is -2.08. The van der Waals surface area contributed by atoms with Crippen LogP contribution in [0.5, 0.6) is 0 Å². The van der Waals surface area contributed by atoms with Crippen LogP contribution in [0.1, 0.15) is 5.89 Å². The number of hydrogen-bond acceptors (Lipinski definition) is 5. The number of rotatable bonds is 4. The van der Waals surface area contributed by atoms with Crippen molar-refractivity contribution >= 4 is 17.8 Å². The van der Waals surface area contributed by atoms with E-state index >= 15 is 0 Å². The molecule has 6 nitrogen and oxygen atoms in total. The Bertz CT molecular complexity index is 538. The van der Waals surface area contributed by atoms with Gasteiger partial charge in [-0.15, -0.1) is 0 Å². The Kier molecular flexibility index (Phi) is 3.78. The first-order chi connectivity index (χ1) is 8.65. The van der Waals surface area contributed by atoms with Crippen molar-refractivity contribution in [1.82, 2.24) is 10.1 Å². The normalized spacial score (nSPS) is 10.3. The summed E-state index contributed by atoms with van der Waals surface area (Å²) in [7, 11) is 0. The molecule has 0 aliphatic rings. The molecule has 0 saturated carbocycles. The van der Waals surface area contributed by atoms with Crippen LogP contribution >= 0.6 is 11.6 Å². The molecule has 1 heterocycles. The first-order valence-corrected chi connectivity index (χ1v) is 5.47. The molecule has 1 aromatic heterocycles. The number of ether oxygens (including phenoxy) is 1. The second-order valence-corrected chi connectivity index (χ2v) is 3.82. The molecule has 18 heavy (non-hydrogen) atoms. The topological polar surface area (TPSA) is 85.5 Å². The van der Waals surface area contributed by atoms with Gasteiger partial charge in [-0.2, -0.15) is 4.98 Å². The second kappa shape index (κ2) is 5.50. The van der Waals surface area contributed by atoms with Crippen molar-refractivity contribution < 1.29 is 19.2 Å². The zero-order chi connectivity index (χ0) is 13.0. The fourth-order valence-electron chi connectivity index (χ4n) is 1.30. The van der Waals surface area contributed by atoms with Crippen LogP contribution in [0.25, 0.3) is 11.4 Å². The lowest BCUT2D eigenvalue weighted by atomic mass is 10.2. The van der Waals surface area contributed by atoms with Crippen molar-refractivity contribution in [2.45, 2.75) is 6.42 Å². The number of carbonyl (C=O) groups is 1. The summed E-state index contributed by atoms with van der Waals surface area (Å²) in [6.07, 6.45) is -1.08. The second-order valence-electron chi connectivity index (χ2n) is 3.38. The fourth-order valence-corrected chi connectivity index (χ4v) is 1.42. The van der Waals surface area contributed by atoms with Crippen LogP contribution in [0.4, 0.5) is 4.79 Å². The monoisotopic (exact) mass is 268 g/mol. The van der Waals surface area contributed by atoms with E-state index < -0.39 is 6.16 Å². The average Bonchev–Trinajstić information content (AvgIpc) is 2.78. The van der Waals surface area contributed by atoms with Crippen molar-refractivity contribution in [2.24, 2.45) is 0 Å². The summed E-state index contributed by atoms with van der Waals surface area (Å²) < 4.78 is 9.31. The van der Waals surface area contributed by atoms with Crippen LogP contribution in [-0.4, -0.2) is 28.0 Å². The third-order valence-electron chi connectivity index (χ3n) is 2.11. The molecular weight excluding hydrogens is 260 g/mol. The predicted octanol–water partition coefficient (Wildman–Crippen LogP) is 2.63. The number of benzene rings is 1. The molecule has 0 saturated heterocycles. The summed E-state index contributed by atoms with van der Waals surface area (Å²) in [5.41, 5.74) is 0.772. The van der Waals surface area contributed by atoms with Gasteiger partial charge in [0.05, 0.1) is 6.42 Å². The molecule has 0 atom stereocenters. The number of hydrogen-bond donors (Lipinski definition) is 1. The van der Waals surface area contributed by atoms with E-state index in [0.717, 1.165) is 5.56 Å². The SMILES string of the molecule is O=C(O)OCCc1nc(-c2ccc(Cl)cc2)no1. The van der Waals surface area contributed by atoms with E-state index in [1.165, 1.54) is 0 Å². The van der Waals surface area contributed by atoms with Gasteiger partial charge in [-0.1, -0.05) is 16.8 Å². The summed E-state index contributed by atoms with van der Waals surface area (Å²) in [6.45, 7) is -0.0163. The lowest BCUT2D eigenvalue weighted by Gasteiger charge is -1.95. The first kappa shape index (κ1) is 12.4. The van der Waals surface area contributed by atoms with E-state index in [9.17, 15) is 4.79 Å². The molecule has 2 rings (SSSR count). The van der Waals surface area contributed by atoms with Crippen molar-refractivity contribution in [1.29, 1.82) is 0 Å². The highest BCUT2D eigenvalue weighted by atomic mass is 35.5. The lowest BCUT2D eigenvalue weighted by Crippen LogP contribution is -2.04. The van der Waals surface area contributed by atoms with Gasteiger partial charge in [0.25, 0.3) is 0 Å². The maximum Gasteiger partial charge on any atom is 0.505 e. The van der Waals surface area contributed by atoms with E-state index in [1.54, 1.807) is 24.3 Å². The van der Waals surface area contributed by atoms with Crippen LogP contribution < -0.4 is 0 Å². The Morgan fingerprint density at radius 3 is 2.78 bits per heavy atom. The molecule has 94 valence electrons. The van der Waals surface area contributed by atoms with Crippen molar-refractivity contribution in [3.05, 3.63) is 35.2 Å². The highest BCUT2D eigenvalue weighted by molar-refractivity contribution is 6.30. The number of carboxylic acid groups (broad SMARTS) is 1. The fraction of sp³-hybridized carbons (Fsp3) is 0.182. The van der Waals surface area contributed by atoms with Crippen molar-refractivity contribution in [2.75, 3.05) is 6.61 Å². The molecule has 0 amide bonds. The van der Waals surface area contributed by atoms with Gasteiger partial charge in [0.1, 0.15) is 6.61 Å². The molecule has 0 aliphatic carbocycles. The molecule has 0 fully saturated rings. The molecule has 7 heteroatoms. The van der Waals surface area contributed by atoms with Crippen LogP contribution in [-0.2, 0) is 11.2 Å². The third kappa shape index (κ3) is 3.21. The molecule has 0 radical (unpaired) electrons. The van der Waals surface area contributed by atoms with Gasteiger partial charge in [0, 0.05) is 10.6 Å². The summed E-state index contributed by atoms with van der Waals surface area (Å²) in [5.74, 6) is 0.748. The maximum atomic E-state index is 10.1. The summed E-state index contributed by atoms with van der Waals surface area (Å²) >= 11 is 5.77. The number of aromatic nitrogens is 2. The standard InChI is InChI=1S/C11H9ClN2O4/c12-8-3-1-7(2-4-8)10-13-9(18-14-10)5-6-17-11(15)16/h1-4H,5-6H2,(H,15,16). The molecule has 0 aliphatic heterocycles. The Balaban J connectivity index is 2.01. The van der Waals surface area contributed by atoms with Crippen molar-refractivity contribution in [3.8, 4) is 11.4 Å². The summed E-state index contributed by atoms with van der Waals surface area (Å²) in [4.78, 5) is 14.3. The Labute approximate surface area is 107 Å². The van der Waals surface area contributed by atoms with Gasteiger partial charge < -0.3 is 14.4 Å².